The van der Waals surface area contributed by atoms with Crippen LogP contribution in [0.2, 0.25) is 0 Å². The molecule has 0 bridgehead atoms. The minimum absolute atomic E-state index is 0.196. The highest BCUT2D eigenvalue weighted by atomic mass is 32.1. The molecule has 4 rings (SSSR count). The summed E-state index contributed by atoms with van der Waals surface area (Å²) in [5.74, 6) is -0.196. The number of para-hydroxylation sites is 1. The molecule has 7 heteroatoms. The summed E-state index contributed by atoms with van der Waals surface area (Å²) in [5.41, 5.74) is 2.81. The first kappa shape index (κ1) is 17.4. The van der Waals surface area contributed by atoms with E-state index in [2.05, 4.69) is 32.2 Å². The first-order valence-corrected chi connectivity index (χ1v) is 9.30. The third kappa shape index (κ3) is 3.74. The Kier molecular flexibility index (Phi) is 4.95. The van der Waals surface area contributed by atoms with Gasteiger partial charge in [-0.05, 0) is 11.6 Å². The first-order chi connectivity index (χ1) is 13.2. The molecule has 0 radical (unpaired) electrons. The van der Waals surface area contributed by atoms with E-state index in [1.54, 1.807) is 7.11 Å². The summed E-state index contributed by atoms with van der Waals surface area (Å²) in [4.78, 5) is 12.8. The van der Waals surface area contributed by atoms with Gasteiger partial charge in [0.1, 0.15) is 11.6 Å². The van der Waals surface area contributed by atoms with E-state index in [9.17, 15) is 4.79 Å². The van der Waals surface area contributed by atoms with Gasteiger partial charge in [0.25, 0.3) is 5.91 Å². The van der Waals surface area contributed by atoms with E-state index in [4.69, 9.17) is 4.74 Å². The van der Waals surface area contributed by atoms with Gasteiger partial charge < -0.3 is 9.30 Å². The predicted molar refractivity (Wildman–Crippen MR) is 106 cm³/mol. The Hall–Kier alpha value is -3.03. The minimum atomic E-state index is -0.196. The molecule has 0 saturated heterocycles. The third-order valence-electron chi connectivity index (χ3n) is 4.18. The van der Waals surface area contributed by atoms with Gasteiger partial charge in [0.05, 0.1) is 5.56 Å². The number of fused-ring (bicyclic) bond motifs is 1. The Balaban J connectivity index is 1.63. The van der Waals surface area contributed by atoms with Gasteiger partial charge in [-0.15, -0.1) is 10.2 Å². The van der Waals surface area contributed by atoms with Crippen LogP contribution >= 0.6 is 11.3 Å². The molecule has 2 aromatic carbocycles. The van der Waals surface area contributed by atoms with Crippen molar-refractivity contribution in [2.75, 3.05) is 12.4 Å². The van der Waals surface area contributed by atoms with Crippen LogP contribution in [0.3, 0.4) is 0 Å². The van der Waals surface area contributed by atoms with Gasteiger partial charge in [-0.3, -0.25) is 10.1 Å². The number of carbonyl (C=O) groups excluding carboxylic acids is 1. The van der Waals surface area contributed by atoms with Crippen molar-refractivity contribution in [2.45, 2.75) is 13.2 Å². The molecule has 27 heavy (non-hydrogen) atoms. The van der Waals surface area contributed by atoms with Gasteiger partial charge in [0.15, 0.2) is 0 Å². The zero-order chi connectivity index (χ0) is 18.6. The molecule has 0 aliphatic carbocycles. The second-order valence-corrected chi connectivity index (χ2v) is 7.12. The number of methoxy groups -OCH3 is 1. The van der Waals surface area contributed by atoms with E-state index in [1.807, 2.05) is 48.7 Å². The van der Waals surface area contributed by atoms with E-state index in [-0.39, 0.29) is 5.91 Å². The molecule has 1 amide bonds. The van der Waals surface area contributed by atoms with Gasteiger partial charge in [-0.25, -0.2) is 0 Å². The fourth-order valence-electron chi connectivity index (χ4n) is 2.99. The molecule has 0 aliphatic rings. The summed E-state index contributed by atoms with van der Waals surface area (Å²) in [6.07, 6.45) is 1.89. The minimum Gasteiger partial charge on any atom is -0.377 e. The van der Waals surface area contributed by atoms with E-state index < -0.39 is 0 Å². The van der Waals surface area contributed by atoms with Gasteiger partial charge >= 0.3 is 0 Å². The number of nitrogens with one attached hydrogen (secondary N) is 1. The van der Waals surface area contributed by atoms with Crippen LogP contribution in [-0.4, -0.2) is 27.8 Å². The molecule has 0 unspecified atom stereocenters. The number of hydrogen-bond donors (Lipinski definition) is 1. The number of carbonyl (C=O) groups is 1. The van der Waals surface area contributed by atoms with Crippen molar-refractivity contribution >= 4 is 33.3 Å². The molecule has 136 valence electrons. The molecule has 0 atom stereocenters. The number of hydrogen-bond acceptors (Lipinski definition) is 5. The Morgan fingerprint density at radius 1 is 1.11 bits per heavy atom. The topological polar surface area (TPSA) is 69.0 Å². The summed E-state index contributed by atoms with van der Waals surface area (Å²) in [6, 6.07) is 18.1. The van der Waals surface area contributed by atoms with Gasteiger partial charge in [-0.2, -0.15) is 0 Å². The van der Waals surface area contributed by atoms with Crippen molar-refractivity contribution in [3.8, 4) is 0 Å². The van der Waals surface area contributed by atoms with Crippen molar-refractivity contribution < 1.29 is 9.53 Å². The van der Waals surface area contributed by atoms with Crippen molar-refractivity contribution in [1.29, 1.82) is 0 Å². The monoisotopic (exact) mass is 378 g/mol. The van der Waals surface area contributed by atoms with Gasteiger partial charge in [0.2, 0.25) is 5.13 Å². The molecule has 2 heterocycles. The number of anilines is 1. The lowest BCUT2D eigenvalue weighted by molar-refractivity contribution is 0.102. The lowest BCUT2D eigenvalue weighted by Crippen LogP contribution is -2.11. The highest BCUT2D eigenvalue weighted by Crippen LogP contribution is 2.24. The summed E-state index contributed by atoms with van der Waals surface area (Å²) < 4.78 is 7.13. The van der Waals surface area contributed by atoms with Crippen LogP contribution in [0.4, 0.5) is 5.13 Å². The first-order valence-electron chi connectivity index (χ1n) is 8.49. The van der Waals surface area contributed by atoms with E-state index in [0.717, 1.165) is 15.9 Å². The Morgan fingerprint density at radius 2 is 1.89 bits per heavy atom. The Bertz CT molecular complexity index is 1070. The van der Waals surface area contributed by atoms with Crippen LogP contribution in [-0.2, 0) is 17.9 Å². The molecule has 0 fully saturated rings. The highest BCUT2D eigenvalue weighted by molar-refractivity contribution is 7.15. The number of ether oxygens (including phenoxy) is 1. The quantitative estimate of drug-likeness (QED) is 0.552. The van der Waals surface area contributed by atoms with E-state index in [1.165, 1.54) is 16.9 Å². The summed E-state index contributed by atoms with van der Waals surface area (Å²) >= 11 is 1.31. The average Bonchev–Trinajstić information content (AvgIpc) is 3.28. The number of amides is 1. The van der Waals surface area contributed by atoms with Crippen molar-refractivity contribution in [3.63, 3.8) is 0 Å². The average molecular weight is 378 g/mol. The summed E-state index contributed by atoms with van der Waals surface area (Å²) in [7, 11) is 1.60. The molecule has 6 nitrogen and oxygen atoms in total. The molecule has 2 aromatic heterocycles. The van der Waals surface area contributed by atoms with Crippen LogP contribution in [0.15, 0.2) is 60.8 Å². The molecule has 0 spiro atoms. The standard InChI is InChI=1S/C20H18N4O2S/c1-26-13-18-22-23-20(27-18)21-19(25)16-12-24(11-14-7-3-2-4-8-14)17-10-6-5-9-15(16)17/h2-10,12H,11,13H2,1H3,(H,21,23,25). The Labute approximate surface area is 160 Å². The van der Waals surface area contributed by atoms with Crippen LogP contribution in [0.1, 0.15) is 20.9 Å². The van der Waals surface area contributed by atoms with Crippen molar-refractivity contribution in [1.82, 2.24) is 14.8 Å². The highest BCUT2D eigenvalue weighted by Gasteiger charge is 2.17. The van der Waals surface area contributed by atoms with E-state index in [0.29, 0.717) is 23.8 Å². The SMILES string of the molecule is COCc1nnc(NC(=O)c2cn(Cc3ccccc3)c3ccccc23)s1. The normalized spacial score (nSPS) is 11.0. The second kappa shape index (κ2) is 7.69. The predicted octanol–water partition coefficient (Wildman–Crippen LogP) is 3.94. The maximum atomic E-state index is 12.8. The van der Waals surface area contributed by atoms with Gasteiger partial charge in [0, 0.05) is 30.8 Å². The number of aromatic nitrogens is 3. The van der Waals surface area contributed by atoms with Crippen LogP contribution in [0, 0.1) is 0 Å². The number of benzene rings is 2. The zero-order valence-corrected chi connectivity index (χ0v) is 15.6. The molecule has 4 aromatic rings. The molecule has 0 aliphatic heterocycles. The van der Waals surface area contributed by atoms with Crippen molar-refractivity contribution in [3.05, 3.63) is 76.9 Å². The van der Waals surface area contributed by atoms with E-state index >= 15 is 0 Å². The fraction of sp³-hybridized carbons (Fsp3) is 0.150. The lowest BCUT2D eigenvalue weighted by atomic mass is 10.1. The molecular weight excluding hydrogens is 360 g/mol. The summed E-state index contributed by atoms with van der Waals surface area (Å²) in [6.45, 7) is 1.08. The van der Waals surface area contributed by atoms with Crippen LogP contribution in [0.5, 0.6) is 0 Å². The number of nitrogens with zero attached hydrogens (tertiary/aromatic N) is 3. The molecule has 0 saturated carbocycles. The smallest absolute Gasteiger partial charge is 0.259 e. The molecule has 1 N–H and O–H groups in total. The maximum Gasteiger partial charge on any atom is 0.259 e. The largest absolute Gasteiger partial charge is 0.377 e. The van der Waals surface area contributed by atoms with Crippen LogP contribution < -0.4 is 5.32 Å². The maximum absolute atomic E-state index is 12.8. The fourth-order valence-corrected chi connectivity index (χ4v) is 3.70. The molecular formula is C20H18N4O2S. The second-order valence-electron chi connectivity index (χ2n) is 6.06. The summed E-state index contributed by atoms with van der Waals surface area (Å²) in [5, 5.41) is 12.9. The Morgan fingerprint density at radius 3 is 2.70 bits per heavy atom. The van der Waals surface area contributed by atoms with Crippen LogP contribution in [0.25, 0.3) is 10.9 Å². The zero-order valence-electron chi connectivity index (χ0n) is 14.8. The number of rotatable bonds is 6. The van der Waals surface area contributed by atoms with Gasteiger partial charge in [-0.1, -0.05) is 59.9 Å². The lowest BCUT2D eigenvalue weighted by Gasteiger charge is -2.05. The third-order valence-corrected chi connectivity index (χ3v) is 5.00. The van der Waals surface area contributed by atoms with Crippen molar-refractivity contribution in [2.24, 2.45) is 0 Å².